The SMILES string of the molecule is COc1ccc([C@H]2CC(c3ccccc3)=NN2C(=O)CN2CCCC[C@@H]2C)cc1. The van der Waals surface area contributed by atoms with Crippen LogP contribution < -0.4 is 4.74 Å². The Morgan fingerprint density at radius 2 is 1.86 bits per heavy atom. The van der Waals surface area contributed by atoms with Crippen LogP contribution in [-0.2, 0) is 4.79 Å². The summed E-state index contributed by atoms with van der Waals surface area (Å²) in [6, 6.07) is 18.5. The van der Waals surface area contributed by atoms with Gasteiger partial charge < -0.3 is 4.74 Å². The highest BCUT2D eigenvalue weighted by molar-refractivity contribution is 6.03. The maximum absolute atomic E-state index is 13.3. The zero-order valence-electron chi connectivity index (χ0n) is 17.3. The van der Waals surface area contributed by atoms with Gasteiger partial charge in [0, 0.05) is 12.5 Å². The van der Waals surface area contributed by atoms with Gasteiger partial charge in [-0.1, -0.05) is 48.9 Å². The number of nitrogens with zero attached hydrogens (tertiary/aromatic N) is 3. The van der Waals surface area contributed by atoms with Crippen LogP contribution in [0.4, 0.5) is 0 Å². The van der Waals surface area contributed by atoms with Gasteiger partial charge in [0.2, 0.25) is 0 Å². The quantitative estimate of drug-likeness (QED) is 0.766. The topological polar surface area (TPSA) is 45.1 Å². The van der Waals surface area contributed by atoms with Crippen LogP contribution in [0.3, 0.4) is 0 Å². The molecule has 0 aliphatic carbocycles. The number of carbonyl (C=O) groups excluding carboxylic acids is 1. The molecule has 1 saturated heterocycles. The molecule has 0 unspecified atom stereocenters. The summed E-state index contributed by atoms with van der Waals surface area (Å²) in [7, 11) is 1.66. The fraction of sp³-hybridized carbons (Fsp3) is 0.417. The van der Waals surface area contributed by atoms with Crippen molar-refractivity contribution in [3.8, 4) is 5.75 Å². The van der Waals surface area contributed by atoms with Gasteiger partial charge in [0.25, 0.3) is 5.91 Å². The number of hydrogen-bond donors (Lipinski definition) is 0. The molecule has 2 heterocycles. The van der Waals surface area contributed by atoms with Crippen LogP contribution in [0.15, 0.2) is 59.7 Å². The Labute approximate surface area is 173 Å². The number of amides is 1. The minimum absolute atomic E-state index is 0.0745. The number of benzene rings is 2. The average Bonchev–Trinajstić information content (AvgIpc) is 3.22. The summed E-state index contributed by atoms with van der Waals surface area (Å²) in [4.78, 5) is 15.6. The molecular weight excluding hydrogens is 362 g/mol. The summed E-state index contributed by atoms with van der Waals surface area (Å²) in [6.07, 6.45) is 4.30. The molecule has 0 bridgehead atoms. The maximum atomic E-state index is 13.3. The lowest BCUT2D eigenvalue weighted by Crippen LogP contribution is -2.44. The van der Waals surface area contributed by atoms with E-state index in [0.29, 0.717) is 12.6 Å². The van der Waals surface area contributed by atoms with E-state index in [1.807, 2.05) is 42.5 Å². The van der Waals surface area contributed by atoms with Gasteiger partial charge in [0.05, 0.1) is 25.4 Å². The van der Waals surface area contributed by atoms with Crippen molar-refractivity contribution in [3.63, 3.8) is 0 Å². The van der Waals surface area contributed by atoms with Gasteiger partial charge >= 0.3 is 0 Å². The second kappa shape index (κ2) is 8.78. The number of hydrogen-bond acceptors (Lipinski definition) is 4. The van der Waals surface area contributed by atoms with E-state index in [1.165, 1.54) is 6.42 Å². The number of likely N-dealkylation sites (tertiary alicyclic amines) is 1. The molecule has 2 aromatic rings. The van der Waals surface area contributed by atoms with Crippen molar-refractivity contribution < 1.29 is 9.53 Å². The molecule has 1 fully saturated rings. The van der Waals surface area contributed by atoms with Gasteiger partial charge in [0.15, 0.2) is 0 Å². The monoisotopic (exact) mass is 391 g/mol. The van der Waals surface area contributed by atoms with Crippen LogP contribution in [-0.4, -0.2) is 47.8 Å². The predicted octanol–water partition coefficient (Wildman–Crippen LogP) is 4.25. The minimum Gasteiger partial charge on any atom is -0.497 e. The summed E-state index contributed by atoms with van der Waals surface area (Å²) >= 11 is 0. The molecular formula is C24H29N3O2. The first-order valence-electron chi connectivity index (χ1n) is 10.5. The zero-order chi connectivity index (χ0) is 20.2. The first kappa shape index (κ1) is 19.6. The predicted molar refractivity (Wildman–Crippen MR) is 115 cm³/mol. The van der Waals surface area contributed by atoms with E-state index in [-0.39, 0.29) is 11.9 Å². The van der Waals surface area contributed by atoms with Crippen molar-refractivity contribution in [2.75, 3.05) is 20.2 Å². The molecule has 1 amide bonds. The van der Waals surface area contributed by atoms with E-state index in [4.69, 9.17) is 9.84 Å². The Balaban J connectivity index is 1.59. The Morgan fingerprint density at radius 3 is 2.55 bits per heavy atom. The molecule has 2 aromatic carbocycles. The van der Waals surface area contributed by atoms with Crippen LogP contribution in [0, 0.1) is 0 Å². The van der Waals surface area contributed by atoms with Crippen molar-refractivity contribution in [1.29, 1.82) is 0 Å². The smallest absolute Gasteiger partial charge is 0.257 e. The van der Waals surface area contributed by atoms with Gasteiger partial charge in [-0.3, -0.25) is 9.69 Å². The number of piperidine rings is 1. The summed E-state index contributed by atoms with van der Waals surface area (Å²) < 4.78 is 5.29. The number of rotatable bonds is 5. The fourth-order valence-corrected chi connectivity index (χ4v) is 4.27. The standard InChI is InChI=1S/C24H29N3O2/c1-18-8-6-7-15-26(18)17-24(28)27-23(20-11-13-21(29-2)14-12-20)16-22(25-27)19-9-4-3-5-10-19/h3-5,9-14,18,23H,6-8,15-17H2,1-2H3/t18-,23+/m0/s1. The molecule has 0 saturated carbocycles. The van der Waals surface area contributed by atoms with Crippen LogP contribution in [0.5, 0.6) is 5.75 Å². The van der Waals surface area contributed by atoms with E-state index in [1.54, 1.807) is 12.1 Å². The number of hydrazone groups is 1. The van der Waals surface area contributed by atoms with Crippen LogP contribution >= 0.6 is 0 Å². The number of methoxy groups -OCH3 is 1. The van der Waals surface area contributed by atoms with Gasteiger partial charge in [-0.05, 0) is 49.6 Å². The lowest BCUT2D eigenvalue weighted by Gasteiger charge is -2.34. The Bertz CT molecular complexity index is 863. The summed E-state index contributed by atoms with van der Waals surface area (Å²) in [5, 5.41) is 6.51. The van der Waals surface area contributed by atoms with E-state index in [9.17, 15) is 4.79 Å². The van der Waals surface area contributed by atoms with Crippen molar-refractivity contribution in [2.45, 2.75) is 44.7 Å². The summed E-state index contributed by atoms with van der Waals surface area (Å²) in [5.41, 5.74) is 3.12. The van der Waals surface area contributed by atoms with Crippen LogP contribution in [0.25, 0.3) is 0 Å². The number of carbonyl (C=O) groups is 1. The van der Waals surface area contributed by atoms with E-state index in [0.717, 1.165) is 48.4 Å². The van der Waals surface area contributed by atoms with E-state index < -0.39 is 0 Å². The molecule has 5 nitrogen and oxygen atoms in total. The molecule has 2 aliphatic rings. The minimum atomic E-state index is -0.0799. The van der Waals surface area contributed by atoms with Crippen molar-refractivity contribution >= 4 is 11.6 Å². The highest BCUT2D eigenvalue weighted by atomic mass is 16.5. The number of ether oxygens (including phenoxy) is 1. The zero-order valence-corrected chi connectivity index (χ0v) is 17.3. The third-order valence-corrected chi connectivity index (χ3v) is 6.05. The van der Waals surface area contributed by atoms with E-state index >= 15 is 0 Å². The lowest BCUT2D eigenvalue weighted by molar-refractivity contribution is -0.135. The average molecular weight is 392 g/mol. The lowest BCUT2D eigenvalue weighted by atomic mass is 9.98. The largest absolute Gasteiger partial charge is 0.497 e. The third-order valence-electron chi connectivity index (χ3n) is 6.05. The second-order valence-electron chi connectivity index (χ2n) is 7.96. The first-order chi connectivity index (χ1) is 14.2. The molecule has 0 aromatic heterocycles. The maximum Gasteiger partial charge on any atom is 0.257 e. The molecule has 152 valence electrons. The molecule has 0 radical (unpaired) electrons. The van der Waals surface area contributed by atoms with Gasteiger partial charge in [-0.2, -0.15) is 5.10 Å². The van der Waals surface area contributed by atoms with Crippen LogP contribution in [0.1, 0.15) is 49.8 Å². The molecule has 4 rings (SSSR count). The highest BCUT2D eigenvalue weighted by Gasteiger charge is 2.34. The highest BCUT2D eigenvalue weighted by Crippen LogP contribution is 2.34. The summed E-state index contributed by atoms with van der Waals surface area (Å²) in [5.74, 6) is 0.890. The van der Waals surface area contributed by atoms with Crippen molar-refractivity contribution in [1.82, 2.24) is 9.91 Å². The van der Waals surface area contributed by atoms with E-state index in [2.05, 4.69) is 24.0 Å². The van der Waals surface area contributed by atoms with Gasteiger partial charge in [-0.25, -0.2) is 5.01 Å². The van der Waals surface area contributed by atoms with Crippen molar-refractivity contribution in [2.24, 2.45) is 5.10 Å². The molecule has 2 aliphatic heterocycles. The Hall–Kier alpha value is -2.66. The Kier molecular flexibility index (Phi) is 5.95. The first-order valence-corrected chi connectivity index (χ1v) is 10.5. The molecule has 0 spiro atoms. The fourth-order valence-electron chi connectivity index (χ4n) is 4.27. The van der Waals surface area contributed by atoms with Crippen molar-refractivity contribution in [3.05, 3.63) is 65.7 Å². The normalized spacial score (nSPS) is 22.4. The molecule has 2 atom stereocenters. The second-order valence-corrected chi connectivity index (χ2v) is 7.96. The molecule has 0 N–H and O–H groups in total. The van der Waals surface area contributed by atoms with Gasteiger partial charge in [-0.15, -0.1) is 0 Å². The van der Waals surface area contributed by atoms with Crippen LogP contribution in [0.2, 0.25) is 0 Å². The Morgan fingerprint density at radius 1 is 1.10 bits per heavy atom. The van der Waals surface area contributed by atoms with Gasteiger partial charge in [0.1, 0.15) is 5.75 Å². The third kappa shape index (κ3) is 4.35. The molecule has 5 heteroatoms. The summed E-state index contributed by atoms with van der Waals surface area (Å²) in [6.45, 7) is 3.64. The molecule has 29 heavy (non-hydrogen) atoms.